The first-order chi connectivity index (χ1) is 10.2. The van der Waals surface area contributed by atoms with Crippen molar-refractivity contribution in [2.75, 3.05) is 0 Å². The average Bonchev–Trinajstić information content (AvgIpc) is 2.92. The predicted octanol–water partition coefficient (Wildman–Crippen LogP) is 3.09. The first kappa shape index (κ1) is 13.2. The highest BCUT2D eigenvalue weighted by Crippen LogP contribution is 2.22. The largest absolute Gasteiger partial charge is 0.409 e. The van der Waals surface area contributed by atoms with Crippen LogP contribution < -0.4 is 5.73 Å². The molecule has 0 aliphatic carbocycles. The predicted molar refractivity (Wildman–Crippen MR) is 84.7 cm³/mol. The third kappa shape index (κ3) is 2.36. The molecule has 21 heavy (non-hydrogen) atoms. The zero-order valence-corrected chi connectivity index (χ0v) is 11.8. The summed E-state index contributed by atoms with van der Waals surface area (Å²) in [7, 11) is 0. The number of aryl methyl sites for hydroxylation is 1. The Hall–Kier alpha value is -2.75. The van der Waals surface area contributed by atoms with Crippen molar-refractivity contribution >= 4 is 16.7 Å². The minimum Gasteiger partial charge on any atom is -0.409 e. The van der Waals surface area contributed by atoms with Crippen molar-refractivity contribution in [3.05, 3.63) is 71.4 Å². The molecule has 0 atom stereocenters. The third-order valence-corrected chi connectivity index (χ3v) is 3.80. The fourth-order valence-corrected chi connectivity index (χ4v) is 2.61. The molecule has 0 saturated carbocycles. The van der Waals surface area contributed by atoms with Crippen LogP contribution >= 0.6 is 0 Å². The third-order valence-electron chi connectivity index (χ3n) is 3.80. The van der Waals surface area contributed by atoms with Gasteiger partial charge in [0.15, 0.2) is 5.84 Å². The Morgan fingerprint density at radius 2 is 1.95 bits per heavy atom. The molecule has 0 saturated heterocycles. The van der Waals surface area contributed by atoms with Crippen molar-refractivity contribution in [1.29, 1.82) is 0 Å². The maximum atomic E-state index is 8.88. The highest BCUT2D eigenvalue weighted by atomic mass is 16.4. The summed E-state index contributed by atoms with van der Waals surface area (Å²) in [5.41, 5.74) is 10.1. The van der Waals surface area contributed by atoms with Crippen molar-refractivity contribution in [2.24, 2.45) is 10.9 Å². The number of benzene rings is 2. The summed E-state index contributed by atoms with van der Waals surface area (Å²) >= 11 is 0. The summed E-state index contributed by atoms with van der Waals surface area (Å²) in [6.45, 7) is 2.92. The summed E-state index contributed by atoms with van der Waals surface area (Å²) in [5.74, 6) is 0.134. The maximum absolute atomic E-state index is 8.88. The Bertz CT molecular complexity index is 818. The topological polar surface area (TPSA) is 63.5 Å². The number of rotatable bonds is 3. The zero-order valence-electron chi connectivity index (χ0n) is 11.8. The summed E-state index contributed by atoms with van der Waals surface area (Å²) < 4.78 is 2.17. The summed E-state index contributed by atoms with van der Waals surface area (Å²) in [6, 6.07) is 16.2. The van der Waals surface area contributed by atoms with Crippen LogP contribution in [0.2, 0.25) is 0 Å². The van der Waals surface area contributed by atoms with Gasteiger partial charge in [-0.1, -0.05) is 41.6 Å². The lowest BCUT2D eigenvalue weighted by Gasteiger charge is -2.09. The molecular formula is C17H17N3O. The van der Waals surface area contributed by atoms with E-state index in [-0.39, 0.29) is 5.84 Å². The molecule has 0 bridgehead atoms. The lowest BCUT2D eigenvalue weighted by molar-refractivity contribution is 0.318. The number of hydrogen-bond acceptors (Lipinski definition) is 2. The molecule has 4 nitrogen and oxygen atoms in total. The van der Waals surface area contributed by atoms with Crippen molar-refractivity contribution in [2.45, 2.75) is 13.5 Å². The zero-order chi connectivity index (χ0) is 14.8. The number of nitrogens with two attached hydrogens (primary N) is 1. The van der Waals surface area contributed by atoms with E-state index >= 15 is 0 Å². The molecule has 106 valence electrons. The van der Waals surface area contributed by atoms with Gasteiger partial charge in [0.25, 0.3) is 0 Å². The Kier molecular flexibility index (Phi) is 3.36. The minimum absolute atomic E-state index is 0.134. The monoisotopic (exact) mass is 279 g/mol. The molecule has 0 radical (unpaired) electrons. The van der Waals surface area contributed by atoms with E-state index < -0.39 is 0 Å². The molecule has 0 spiro atoms. The van der Waals surface area contributed by atoms with E-state index in [1.807, 2.05) is 36.5 Å². The van der Waals surface area contributed by atoms with Crippen molar-refractivity contribution in [3.8, 4) is 0 Å². The molecule has 4 heteroatoms. The molecule has 0 aliphatic rings. The van der Waals surface area contributed by atoms with Crippen LogP contribution in [0, 0.1) is 6.92 Å². The molecule has 3 aromatic rings. The van der Waals surface area contributed by atoms with E-state index in [1.54, 1.807) is 0 Å². The van der Waals surface area contributed by atoms with E-state index in [0.717, 1.165) is 23.0 Å². The van der Waals surface area contributed by atoms with Gasteiger partial charge in [-0.3, -0.25) is 0 Å². The second-order valence-electron chi connectivity index (χ2n) is 5.09. The first-order valence-electron chi connectivity index (χ1n) is 6.81. The number of amidine groups is 1. The second-order valence-corrected chi connectivity index (χ2v) is 5.09. The van der Waals surface area contributed by atoms with Crippen LogP contribution in [0.4, 0.5) is 0 Å². The van der Waals surface area contributed by atoms with Gasteiger partial charge in [-0.05, 0) is 30.2 Å². The van der Waals surface area contributed by atoms with Gasteiger partial charge in [0.05, 0.1) is 0 Å². The van der Waals surface area contributed by atoms with E-state index in [2.05, 4.69) is 34.8 Å². The molecule has 0 aliphatic heterocycles. The molecule has 3 N–H and O–H groups in total. The van der Waals surface area contributed by atoms with Crippen LogP contribution in [0.1, 0.15) is 16.7 Å². The Labute approximate surface area is 123 Å². The lowest BCUT2D eigenvalue weighted by Crippen LogP contribution is -2.13. The van der Waals surface area contributed by atoms with Gasteiger partial charge < -0.3 is 15.5 Å². The van der Waals surface area contributed by atoms with E-state index in [0.29, 0.717) is 0 Å². The van der Waals surface area contributed by atoms with E-state index in [4.69, 9.17) is 10.9 Å². The SMILES string of the molecule is Cc1ccccc1Cn1ccc2c(/C(N)=N/O)cccc21. The van der Waals surface area contributed by atoms with Crippen LogP contribution in [0.5, 0.6) is 0 Å². The maximum Gasteiger partial charge on any atom is 0.170 e. The number of fused-ring (bicyclic) bond motifs is 1. The minimum atomic E-state index is 0.134. The molecule has 2 aromatic carbocycles. The fraction of sp³-hybridized carbons (Fsp3) is 0.118. The molecule has 1 heterocycles. The highest BCUT2D eigenvalue weighted by molar-refractivity contribution is 6.08. The van der Waals surface area contributed by atoms with Crippen molar-refractivity contribution < 1.29 is 5.21 Å². The van der Waals surface area contributed by atoms with Gasteiger partial charge in [-0.25, -0.2) is 0 Å². The van der Waals surface area contributed by atoms with Gasteiger partial charge in [0.1, 0.15) is 0 Å². The molecule has 0 unspecified atom stereocenters. The molecule has 0 amide bonds. The first-order valence-corrected chi connectivity index (χ1v) is 6.81. The number of hydrogen-bond donors (Lipinski definition) is 2. The Morgan fingerprint density at radius 1 is 1.14 bits per heavy atom. The van der Waals surface area contributed by atoms with Gasteiger partial charge >= 0.3 is 0 Å². The van der Waals surface area contributed by atoms with Gasteiger partial charge in [-0.2, -0.15) is 0 Å². The van der Waals surface area contributed by atoms with E-state index in [9.17, 15) is 0 Å². The average molecular weight is 279 g/mol. The van der Waals surface area contributed by atoms with Crippen molar-refractivity contribution in [3.63, 3.8) is 0 Å². The summed E-state index contributed by atoms with van der Waals surface area (Å²) in [5, 5.41) is 13.0. The summed E-state index contributed by atoms with van der Waals surface area (Å²) in [6.07, 6.45) is 2.03. The number of oxime groups is 1. The molecular weight excluding hydrogens is 262 g/mol. The normalized spacial score (nSPS) is 12.0. The smallest absolute Gasteiger partial charge is 0.170 e. The summed E-state index contributed by atoms with van der Waals surface area (Å²) in [4.78, 5) is 0. The van der Waals surface area contributed by atoms with Crippen LogP contribution in [0.25, 0.3) is 10.9 Å². The van der Waals surface area contributed by atoms with Crippen LogP contribution in [0.3, 0.4) is 0 Å². The Balaban J connectivity index is 2.08. The number of aromatic nitrogens is 1. The lowest BCUT2D eigenvalue weighted by atomic mass is 10.1. The second kappa shape index (κ2) is 5.32. The highest BCUT2D eigenvalue weighted by Gasteiger charge is 2.09. The van der Waals surface area contributed by atoms with Crippen molar-refractivity contribution in [1.82, 2.24) is 4.57 Å². The van der Waals surface area contributed by atoms with Crippen LogP contribution in [0.15, 0.2) is 59.9 Å². The van der Waals surface area contributed by atoms with Gasteiger partial charge in [0, 0.05) is 29.2 Å². The standard InChI is InChI=1S/C17H17N3O/c1-12-5-2-3-6-13(12)11-20-10-9-14-15(17(18)19-21)7-4-8-16(14)20/h2-10,21H,11H2,1H3,(H2,18,19). The van der Waals surface area contributed by atoms with Crippen LogP contribution in [-0.4, -0.2) is 15.6 Å². The van der Waals surface area contributed by atoms with Gasteiger partial charge in [-0.15, -0.1) is 0 Å². The molecule has 0 fully saturated rings. The van der Waals surface area contributed by atoms with E-state index in [1.165, 1.54) is 11.1 Å². The molecule has 1 aromatic heterocycles. The quantitative estimate of drug-likeness (QED) is 0.335. The van der Waals surface area contributed by atoms with Crippen LogP contribution in [-0.2, 0) is 6.54 Å². The fourth-order valence-electron chi connectivity index (χ4n) is 2.61. The molecule has 3 rings (SSSR count). The van der Waals surface area contributed by atoms with Gasteiger partial charge in [0.2, 0.25) is 0 Å². The number of nitrogens with zero attached hydrogens (tertiary/aromatic N) is 2. The Morgan fingerprint density at radius 3 is 2.71 bits per heavy atom.